The first-order valence-electron chi connectivity index (χ1n) is 15.8. The second-order valence-electron chi connectivity index (χ2n) is 12.0. The highest BCUT2D eigenvalue weighted by Gasteiger charge is 2.27. The Labute approximate surface area is 262 Å². The first-order valence-corrected chi connectivity index (χ1v) is 15.8. The quantitative estimate of drug-likeness (QED) is 0.187. The number of methoxy groups -OCH3 is 2. The first kappa shape index (κ1) is 27.4. The second-order valence-corrected chi connectivity index (χ2v) is 12.0. The molecule has 6 nitrogen and oxygen atoms in total. The fourth-order valence-electron chi connectivity index (χ4n) is 7.21. The van der Waals surface area contributed by atoms with E-state index in [1.165, 1.54) is 38.6 Å². The predicted octanol–water partition coefficient (Wildman–Crippen LogP) is 8.29. The monoisotopic (exact) mass is 592 g/mol. The number of aromatic amines is 2. The highest BCUT2D eigenvalue weighted by Crippen LogP contribution is 2.37. The Balaban J connectivity index is 1.19. The molecule has 0 atom stereocenters. The molecule has 0 spiro atoms. The van der Waals surface area contributed by atoms with E-state index >= 15 is 0 Å². The second kappa shape index (κ2) is 11.4. The average molecular weight is 593 g/mol. The molecule has 4 heterocycles. The van der Waals surface area contributed by atoms with Crippen molar-refractivity contribution < 1.29 is 9.47 Å². The molecule has 0 saturated carbocycles. The van der Waals surface area contributed by atoms with Crippen molar-refractivity contribution in [1.29, 1.82) is 0 Å². The Bertz CT molecular complexity index is 1990. The maximum Gasteiger partial charge on any atom is 0.120 e. The standard InChI is InChI=1S/C39H36N4O2/c1-44-28-11-13-30-32-15-17-40-36(38(32)42-34(30)22-28)20-27(26-10-6-9-25(19-26)24-7-4-3-5-8-24)21-37-39-33(16-18-41-37)31-14-12-29(45-2)23-35(31)43-39/h3-14,19,22-23,27,42-43H,15-18,20-21H2,1-2H3. The highest BCUT2D eigenvalue weighted by molar-refractivity contribution is 6.09. The number of rotatable bonds is 8. The summed E-state index contributed by atoms with van der Waals surface area (Å²) in [6, 6.07) is 32.3. The number of fused-ring (bicyclic) bond motifs is 6. The summed E-state index contributed by atoms with van der Waals surface area (Å²) in [6.07, 6.45) is 3.51. The van der Waals surface area contributed by atoms with Gasteiger partial charge in [-0.15, -0.1) is 0 Å². The van der Waals surface area contributed by atoms with Crippen molar-refractivity contribution in [2.75, 3.05) is 27.3 Å². The predicted molar refractivity (Wildman–Crippen MR) is 184 cm³/mol. The number of aromatic nitrogens is 2. The van der Waals surface area contributed by atoms with Gasteiger partial charge >= 0.3 is 0 Å². The minimum atomic E-state index is 0.185. The fraction of sp³-hybridized carbons (Fsp3) is 0.231. The van der Waals surface area contributed by atoms with Crippen LogP contribution in [0.2, 0.25) is 0 Å². The molecular weight excluding hydrogens is 556 g/mol. The third kappa shape index (κ3) is 5.00. The highest BCUT2D eigenvalue weighted by atomic mass is 16.5. The summed E-state index contributed by atoms with van der Waals surface area (Å²) in [5.74, 6) is 1.90. The number of H-pyrrole nitrogens is 2. The van der Waals surface area contributed by atoms with E-state index < -0.39 is 0 Å². The number of nitrogens with zero attached hydrogens (tertiary/aromatic N) is 2. The third-order valence-corrected chi connectivity index (χ3v) is 9.48. The SMILES string of the molecule is COc1ccc2c3c([nH]c2c1)C(CC(CC1=NCCc2c1[nH]c1cc(OC)ccc21)c1cccc(-c2ccccc2)c1)=NCC3. The van der Waals surface area contributed by atoms with Gasteiger partial charge in [-0.2, -0.15) is 0 Å². The fourth-order valence-corrected chi connectivity index (χ4v) is 7.21. The van der Waals surface area contributed by atoms with Crippen molar-refractivity contribution in [1.82, 2.24) is 9.97 Å². The molecule has 0 saturated heterocycles. The zero-order valence-corrected chi connectivity index (χ0v) is 25.7. The first-order chi connectivity index (χ1) is 22.2. The number of nitrogens with one attached hydrogen (secondary N) is 2. The van der Waals surface area contributed by atoms with Gasteiger partial charge in [-0.25, -0.2) is 0 Å². The lowest BCUT2D eigenvalue weighted by molar-refractivity contribution is 0.415. The zero-order valence-electron chi connectivity index (χ0n) is 25.7. The number of hydrogen-bond acceptors (Lipinski definition) is 4. The van der Waals surface area contributed by atoms with Gasteiger partial charge in [0, 0.05) is 47.0 Å². The minimum Gasteiger partial charge on any atom is -0.497 e. The van der Waals surface area contributed by atoms with Crippen molar-refractivity contribution in [2.24, 2.45) is 9.98 Å². The van der Waals surface area contributed by atoms with Crippen LogP contribution in [0.25, 0.3) is 32.9 Å². The molecule has 2 aliphatic heterocycles. The Morgan fingerprint density at radius 3 is 1.73 bits per heavy atom. The van der Waals surface area contributed by atoms with E-state index in [0.717, 1.165) is 84.1 Å². The molecular formula is C39H36N4O2. The van der Waals surface area contributed by atoms with Crippen molar-refractivity contribution in [3.8, 4) is 22.6 Å². The Kier molecular flexibility index (Phi) is 6.98. The van der Waals surface area contributed by atoms with Crippen LogP contribution in [0, 0.1) is 0 Å². The van der Waals surface area contributed by atoms with E-state index in [1.54, 1.807) is 14.2 Å². The number of benzene rings is 4. The smallest absolute Gasteiger partial charge is 0.120 e. The number of hydrogen-bond donors (Lipinski definition) is 2. The normalized spacial score (nSPS) is 14.3. The third-order valence-electron chi connectivity index (χ3n) is 9.48. The van der Waals surface area contributed by atoms with Crippen LogP contribution in [-0.4, -0.2) is 48.7 Å². The number of ether oxygens (including phenoxy) is 2. The Hall–Kier alpha value is -5.10. The summed E-state index contributed by atoms with van der Waals surface area (Å²) in [6.45, 7) is 1.60. The molecule has 0 amide bonds. The molecule has 45 heavy (non-hydrogen) atoms. The molecule has 2 aliphatic rings. The average Bonchev–Trinajstić information content (AvgIpc) is 3.67. The molecule has 4 aromatic carbocycles. The van der Waals surface area contributed by atoms with Gasteiger partial charge in [-0.1, -0.05) is 54.6 Å². The lowest BCUT2D eigenvalue weighted by atomic mass is 9.84. The van der Waals surface area contributed by atoms with Crippen molar-refractivity contribution in [3.63, 3.8) is 0 Å². The summed E-state index contributed by atoms with van der Waals surface area (Å²) in [4.78, 5) is 17.7. The minimum absolute atomic E-state index is 0.185. The van der Waals surface area contributed by atoms with Gasteiger partial charge in [0.15, 0.2) is 0 Å². The summed E-state index contributed by atoms with van der Waals surface area (Å²) in [5.41, 5.74) is 13.3. The molecule has 0 aliphatic carbocycles. The van der Waals surface area contributed by atoms with Gasteiger partial charge in [0.2, 0.25) is 0 Å². The molecule has 2 aromatic heterocycles. The summed E-state index contributed by atoms with van der Waals surface area (Å²) in [7, 11) is 3.43. The van der Waals surface area contributed by atoms with Crippen LogP contribution in [0.5, 0.6) is 11.5 Å². The van der Waals surface area contributed by atoms with E-state index in [-0.39, 0.29) is 5.92 Å². The van der Waals surface area contributed by atoms with Crippen molar-refractivity contribution >= 4 is 33.2 Å². The van der Waals surface area contributed by atoms with E-state index in [4.69, 9.17) is 19.5 Å². The molecule has 0 bridgehead atoms. The zero-order chi connectivity index (χ0) is 30.3. The van der Waals surface area contributed by atoms with Gasteiger partial charge in [0.1, 0.15) is 11.5 Å². The molecule has 0 unspecified atom stereocenters. The van der Waals surface area contributed by atoms with Gasteiger partial charge in [0.25, 0.3) is 0 Å². The van der Waals surface area contributed by atoms with E-state index in [1.807, 2.05) is 0 Å². The van der Waals surface area contributed by atoms with Gasteiger partial charge < -0.3 is 19.4 Å². The Morgan fingerprint density at radius 2 is 1.18 bits per heavy atom. The molecule has 8 rings (SSSR count). The topological polar surface area (TPSA) is 74.8 Å². The van der Waals surface area contributed by atoms with Crippen LogP contribution in [0.15, 0.2) is 101 Å². The van der Waals surface area contributed by atoms with Gasteiger partial charge in [0.05, 0.1) is 37.0 Å². The van der Waals surface area contributed by atoms with Crippen LogP contribution in [0.4, 0.5) is 0 Å². The summed E-state index contributed by atoms with van der Waals surface area (Å²) < 4.78 is 11.1. The van der Waals surface area contributed by atoms with E-state index in [2.05, 4.69) is 101 Å². The molecule has 224 valence electrons. The van der Waals surface area contributed by atoms with Gasteiger partial charge in [-0.05, 0) is 83.7 Å². The van der Waals surface area contributed by atoms with E-state index in [0.29, 0.717) is 0 Å². The molecule has 6 heteroatoms. The largest absolute Gasteiger partial charge is 0.497 e. The van der Waals surface area contributed by atoms with Crippen molar-refractivity contribution in [2.45, 2.75) is 31.6 Å². The van der Waals surface area contributed by atoms with E-state index in [9.17, 15) is 0 Å². The lowest BCUT2D eigenvalue weighted by Gasteiger charge is -2.24. The maximum atomic E-state index is 5.53. The maximum absolute atomic E-state index is 5.53. The molecule has 6 aromatic rings. The summed E-state index contributed by atoms with van der Waals surface area (Å²) in [5, 5.41) is 2.52. The van der Waals surface area contributed by atoms with Crippen LogP contribution in [-0.2, 0) is 12.8 Å². The van der Waals surface area contributed by atoms with Crippen LogP contribution in [0.3, 0.4) is 0 Å². The van der Waals surface area contributed by atoms with Gasteiger partial charge in [-0.3, -0.25) is 9.98 Å². The van der Waals surface area contributed by atoms with Crippen LogP contribution < -0.4 is 9.47 Å². The molecule has 0 radical (unpaired) electrons. The number of aliphatic imine (C=N–C) groups is 2. The lowest BCUT2D eigenvalue weighted by Crippen LogP contribution is -2.20. The molecule has 2 N–H and O–H groups in total. The van der Waals surface area contributed by atoms with Crippen LogP contribution in [0.1, 0.15) is 46.8 Å². The Morgan fingerprint density at radius 1 is 0.622 bits per heavy atom. The van der Waals surface area contributed by atoms with Crippen LogP contribution >= 0.6 is 0 Å². The van der Waals surface area contributed by atoms with Crippen molar-refractivity contribution in [3.05, 3.63) is 119 Å². The summed E-state index contributed by atoms with van der Waals surface area (Å²) >= 11 is 0. The molecule has 0 fully saturated rings.